The summed E-state index contributed by atoms with van der Waals surface area (Å²) in [4.78, 5) is 24.2. The van der Waals surface area contributed by atoms with Crippen LogP contribution in [0.3, 0.4) is 0 Å². The molecule has 1 aromatic heterocycles. The zero-order valence-electron chi connectivity index (χ0n) is 15.5. The van der Waals surface area contributed by atoms with Crippen LogP contribution in [0.5, 0.6) is 0 Å². The molecule has 3 aromatic rings. The number of thioether (sulfide) groups is 1. The minimum absolute atomic E-state index is 0.0831. The molecule has 2 amide bonds. The maximum atomic E-state index is 12.2. The summed E-state index contributed by atoms with van der Waals surface area (Å²) in [6.07, 6.45) is 0.110. The normalized spacial score (nSPS) is 10.5. The van der Waals surface area contributed by atoms with E-state index in [1.54, 1.807) is 11.6 Å². The van der Waals surface area contributed by atoms with Crippen molar-refractivity contribution in [3.63, 3.8) is 0 Å². The van der Waals surface area contributed by atoms with Crippen LogP contribution in [0, 0.1) is 0 Å². The summed E-state index contributed by atoms with van der Waals surface area (Å²) in [6, 6.07) is 19.0. The highest BCUT2D eigenvalue weighted by Crippen LogP contribution is 2.16. The number of benzene rings is 2. The highest BCUT2D eigenvalue weighted by atomic mass is 32.2. The minimum Gasteiger partial charge on any atom is -0.351 e. The highest BCUT2D eigenvalue weighted by molar-refractivity contribution is 7.99. The molecule has 7 nitrogen and oxygen atoms in total. The van der Waals surface area contributed by atoms with Gasteiger partial charge in [-0.05, 0) is 17.7 Å². The molecule has 0 spiro atoms. The molecular weight excluding hydrogens is 374 g/mol. The number of nitrogens with zero attached hydrogens (tertiary/aromatic N) is 3. The third-order valence-electron chi connectivity index (χ3n) is 3.97. The number of rotatable bonds is 8. The molecule has 2 N–H and O–H groups in total. The molecule has 8 heteroatoms. The van der Waals surface area contributed by atoms with Gasteiger partial charge in [0.15, 0.2) is 5.16 Å². The van der Waals surface area contributed by atoms with E-state index in [4.69, 9.17) is 0 Å². The van der Waals surface area contributed by atoms with Crippen LogP contribution in [0.2, 0.25) is 0 Å². The average Bonchev–Trinajstić information content (AvgIpc) is 3.05. The van der Waals surface area contributed by atoms with E-state index in [0.29, 0.717) is 17.5 Å². The van der Waals surface area contributed by atoms with Gasteiger partial charge < -0.3 is 15.2 Å². The van der Waals surface area contributed by atoms with Crippen molar-refractivity contribution >= 4 is 29.3 Å². The fraction of sp³-hybridized carbons (Fsp3) is 0.200. The lowest BCUT2D eigenvalue weighted by Crippen LogP contribution is -2.24. The third-order valence-corrected chi connectivity index (χ3v) is 4.99. The molecule has 28 heavy (non-hydrogen) atoms. The van der Waals surface area contributed by atoms with Crippen LogP contribution in [0.4, 0.5) is 5.69 Å². The van der Waals surface area contributed by atoms with Crippen molar-refractivity contribution in [3.05, 3.63) is 72.1 Å². The Kier molecular flexibility index (Phi) is 6.80. The van der Waals surface area contributed by atoms with Gasteiger partial charge in [0.05, 0.1) is 12.2 Å². The molecule has 0 atom stereocenters. The molecule has 0 aliphatic rings. The number of para-hydroxylation sites is 1. The van der Waals surface area contributed by atoms with Gasteiger partial charge in [-0.3, -0.25) is 9.59 Å². The van der Waals surface area contributed by atoms with Crippen LogP contribution < -0.4 is 10.6 Å². The number of hydrogen-bond acceptors (Lipinski definition) is 5. The third kappa shape index (κ3) is 5.68. The second-order valence-electron chi connectivity index (χ2n) is 6.10. The predicted molar refractivity (Wildman–Crippen MR) is 109 cm³/mol. The van der Waals surface area contributed by atoms with Crippen LogP contribution in [-0.2, 0) is 29.6 Å². The largest absolute Gasteiger partial charge is 0.351 e. The number of nitrogens with one attached hydrogen (secondary N) is 2. The van der Waals surface area contributed by atoms with Gasteiger partial charge in [-0.25, -0.2) is 0 Å². The quantitative estimate of drug-likeness (QED) is 0.572. The topological polar surface area (TPSA) is 88.9 Å². The van der Waals surface area contributed by atoms with Gasteiger partial charge in [0.1, 0.15) is 5.82 Å². The molecule has 0 unspecified atom stereocenters. The minimum atomic E-state index is -0.168. The first kappa shape index (κ1) is 19.6. The molecule has 1 heterocycles. The lowest BCUT2D eigenvalue weighted by Gasteiger charge is -2.06. The molecule has 0 fully saturated rings. The summed E-state index contributed by atoms with van der Waals surface area (Å²) in [7, 11) is 1.79. The van der Waals surface area contributed by atoms with Crippen LogP contribution >= 0.6 is 11.8 Å². The summed E-state index contributed by atoms with van der Waals surface area (Å²) < 4.78 is 1.74. The SMILES string of the molecule is Cn1c(CC(=O)Nc2ccccc2)nnc1SCC(=O)NCc1ccccc1. The Morgan fingerprint density at radius 1 is 0.964 bits per heavy atom. The Morgan fingerprint density at radius 3 is 2.36 bits per heavy atom. The first-order chi connectivity index (χ1) is 13.6. The summed E-state index contributed by atoms with van der Waals surface area (Å²) in [6.45, 7) is 0.490. The van der Waals surface area contributed by atoms with E-state index >= 15 is 0 Å². The molecule has 0 saturated carbocycles. The van der Waals surface area contributed by atoms with Gasteiger partial charge in [0, 0.05) is 19.3 Å². The van der Waals surface area contributed by atoms with Crippen molar-refractivity contribution in [1.29, 1.82) is 0 Å². The van der Waals surface area contributed by atoms with Gasteiger partial charge in [-0.2, -0.15) is 0 Å². The van der Waals surface area contributed by atoms with Crippen molar-refractivity contribution in [3.8, 4) is 0 Å². The molecule has 0 bridgehead atoms. The molecule has 0 aliphatic carbocycles. The zero-order chi connectivity index (χ0) is 19.8. The Hall–Kier alpha value is -3.13. The van der Waals surface area contributed by atoms with E-state index in [2.05, 4.69) is 20.8 Å². The smallest absolute Gasteiger partial charge is 0.232 e. The van der Waals surface area contributed by atoms with Crippen LogP contribution in [0.15, 0.2) is 65.8 Å². The van der Waals surface area contributed by atoms with E-state index < -0.39 is 0 Å². The fourth-order valence-electron chi connectivity index (χ4n) is 2.47. The Labute approximate surface area is 167 Å². The molecule has 0 radical (unpaired) electrons. The highest BCUT2D eigenvalue weighted by Gasteiger charge is 2.14. The Morgan fingerprint density at radius 2 is 1.64 bits per heavy atom. The van der Waals surface area contributed by atoms with Gasteiger partial charge in [-0.1, -0.05) is 60.3 Å². The molecule has 144 valence electrons. The summed E-state index contributed by atoms with van der Waals surface area (Å²) in [5.74, 6) is 0.523. The second kappa shape index (κ2) is 9.70. The number of hydrogen-bond donors (Lipinski definition) is 2. The number of anilines is 1. The van der Waals surface area contributed by atoms with Crippen molar-refractivity contribution in [2.45, 2.75) is 18.1 Å². The number of amides is 2. The monoisotopic (exact) mass is 395 g/mol. The van der Waals surface area contributed by atoms with E-state index in [-0.39, 0.29) is 24.0 Å². The molecule has 0 saturated heterocycles. The van der Waals surface area contributed by atoms with Crippen molar-refractivity contribution < 1.29 is 9.59 Å². The molecule has 3 rings (SSSR count). The lowest BCUT2D eigenvalue weighted by molar-refractivity contribution is -0.118. The Bertz CT molecular complexity index is 928. The molecule has 2 aromatic carbocycles. The molecular formula is C20H21N5O2S. The maximum Gasteiger partial charge on any atom is 0.232 e. The standard InChI is InChI=1S/C20H21N5O2S/c1-25-17(12-18(26)22-16-10-6-3-7-11-16)23-24-20(25)28-14-19(27)21-13-15-8-4-2-5-9-15/h2-11H,12-14H2,1H3,(H,21,27)(H,22,26). The number of aromatic nitrogens is 3. The fourth-order valence-corrected chi connectivity index (χ4v) is 3.23. The molecule has 0 aliphatic heterocycles. The predicted octanol–water partition coefficient (Wildman–Crippen LogP) is 2.40. The van der Waals surface area contributed by atoms with Gasteiger partial charge in [0.2, 0.25) is 11.8 Å². The van der Waals surface area contributed by atoms with Gasteiger partial charge >= 0.3 is 0 Å². The first-order valence-electron chi connectivity index (χ1n) is 8.78. The van der Waals surface area contributed by atoms with Crippen LogP contribution in [0.25, 0.3) is 0 Å². The van der Waals surface area contributed by atoms with Gasteiger partial charge in [-0.15, -0.1) is 10.2 Å². The zero-order valence-corrected chi connectivity index (χ0v) is 16.3. The van der Waals surface area contributed by atoms with E-state index in [1.165, 1.54) is 11.8 Å². The average molecular weight is 395 g/mol. The van der Waals surface area contributed by atoms with Crippen molar-refractivity contribution in [1.82, 2.24) is 20.1 Å². The first-order valence-corrected chi connectivity index (χ1v) is 9.77. The van der Waals surface area contributed by atoms with Gasteiger partial charge in [0.25, 0.3) is 0 Å². The van der Waals surface area contributed by atoms with Crippen LogP contribution in [-0.4, -0.2) is 32.3 Å². The number of carbonyl (C=O) groups excluding carboxylic acids is 2. The lowest BCUT2D eigenvalue weighted by atomic mass is 10.2. The summed E-state index contributed by atoms with van der Waals surface area (Å²) in [5, 5.41) is 14.4. The van der Waals surface area contributed by atoms with E-state index in [1.807, 2.05) is 60.7 Å². The number of carbonyl (C=O) groups is 2. The summed E-state index contributed by atoms with van der Waals surface area (Å²) >= 11 is 1.29. The maximum absolute atomic E-state index is 12.2. The van der Waals surface area contributed by atoms with Crippen LogP contribution in [0.1, 0.15) is 11.4 Å². The van der Waals surface area contributed by atoms with Crippen molar-refractivity contribution in [2.24, 2.45) is 7.05 Å². The second-order valence-corrected chi connectivity index (χ2v) is 7.04. The van der Waals surface area contributed by atoms with Crippen molar-refractivity contribution in [2.75, 3.05) is 11.1 Å². The van der Waals surface area contributed by atoms with E-state index in [0.717, 1.165) is 11.3 Å². The summed E-state index contributed by atoms with van der Waals surface area (Å²) in [5.41, 5.74) is 1.78. The van der Waals surface area contributed by atoms with E-state index in [9.17, 15) is 9.59 Å². The Balaban J connectivity index is 1.47.